The first-order valence-electron chi connectivity index (χ1n) is 6.50. The number of halogens is 1. The van der Waals surface area contributed by atoms with Crippen LogP contribution in [0.25, 0.3) is 0 Å². The lowest BCUT2D eigenvalue weighted by Crippen LogP contribution is -2.24. The number of anilines is 1. The summed E-state index contributed by atoms with van der Waals surface area (Å²) < 4.78 is 13.3. The van der Waals surface area contributed by atoms with Crippen molar-refractivity contribution >= 4 is 11.4 Å². The van der Waals surface area contributed by atoms with Gasteiger partial charge in [0.15, 0.2) is 0 Å². The molecule has 0 bridgehead atoms. The maximum Gasteiger partial charge on any atom is 0.274 e. The second-order valence-electron chi connectivity index (χ2n) is 5.49. The molecule has 1 aromatic carbocycles. The minimum atomic E-state index is -0.595. The third-order valence-corrected chi connectivity index (χ3v) is 3.35. The van der Waals surface area contributed by atoms with Crippen molar-refractivity contribution in [2.24, 2.45) is 17.8 Å². The van der Waals surface area contributed by atoms with E-state index < -0.39 is 10.7 Å². The summed E-state index contributed by atoms with van der Waals surface area (Å²) in [5, 5.41) is 13.8. The van der Waals surface area contributed by atoms with Crippen molar-refractivity contribution in [2.75, 3.05) is 11.9 Å². The first-order valence-corrected chi connectivity index (χ1v) is 6.50. The van der Waals surface area contributed by atoms with Crippen molar-refractivity contribution in [3.05, 3.63) is 34.1 Å². The SMILES string of the molecule is CC(C)C(CNc1cc(F)cc([N+](=O)[O-])c1)C(C)C. The van der Waals surface area contributed by atoms with E-state index in [9.17, 15) is 14.5 Å². The number of nitro benzene ring substituents is 1. The van der Waals surface area contributed by atoms with Crippen molar-refractivity contribution in [3.8, 4) is 0 Å². The van der Waals surface area contributed by atoms with Gasteiger partial charge in [-0.1, -0.05) is 27.7 Å². The summed E-state index contributed by atoms with van der Waals surface area (Å²) in [6.07, 6.45) is 0. The van der Waals surface area contributed by atoms with Crippen LogP contribution in [0.4, 0.5) is 15.8 Å². The average Bonchev–Trinajstić information content (AvgIpc) is 2.27. The van der Waals surface area contributed by atoms with Gasteiger partial charge in [0.1, 0.15) is 5.82 Å². The third kappa shape index (κ3) is 4.50. The Morgan fingerprint density at radius 2 is 1.79 bits per heavy atom. The van der Waals surface area contributed by atoms with E-state index in [0.717, 1.165) is 6.07 Å². The molecule has 1 aromatic rings. The molecule has 0 aliphatic carbocycles. The van der Waals surface area contributed by atoms with Crippen LogP contribution in [0, 0.1) is 33.7 Å². The van der Waals surface area contributed by atoms with Gasteiger partial charge in [0, 0.05) is 18.3 Å². The number of nitrogens with one attached hydrogen (secondary N) is 1. The number of benzene rings is 1. The molecule has 0 atom stereocenters. The summed E-state index contributed by atoms with van der Waals surface area (Å²) in [5.74, 6) is 0.830. The van der Waals surface area contributed by atoms with E-state index in [4.69, 9.17) is 0 Å². The lowest BCUT2D eigenvalue weighted by Gasteiger charge is -2.25. The maximum absolute atomic E-state index is 13.3. The molecule has 0 saturated carbocycles. The molecule has 1 N–H and O–H groups in total. The summed E-state index contributed by atoms with van der Waals surface area (Å²) in [7, 11) is 0. The van der Waals surface area contributed by atoms with Crippen molar-refractivity contribution in [3.63, 3.8) is 0 Å². The van der Waals surface area contributed by atoms with Gasteiger partial charge in [-0.25, -0.2) is 4.39 Å². The Labute approximate surface area is 113 Å². The van der Waals surface area contributed by atoms with E-state index in [1.165, 1.54) is 12.1 Å². The van der Waals surface area contributed by atoms with Gasteiger partial charge >= 0.3 is 0 Å². The van der Waals surface area contributed by atoms with E-state index in [1.807, 2.05) is 0 Å². The molecule has 0 aliphatic heterocycles. The predicted octanol–water partition coefficient (Wildman–Crippen LogP) is 4.07. The van der Waals surface area contributed by atoms with Crippen LogP contribution < -0.4 is 5.32 Å². The fourth-order valence-electron chi connectivity index (χ4n) is 2.26. The first kappa shape index (κ1) is 15.4. The molecule has 0 fully saturated rings. The molecule has 5 heteroatoms. The smallest absolute Gasteiger partial charge is 0.274 e. The Morgan fingerprint density at radius 3 is 2.26 bits per heavy atom. The maximum atomic E-state index is 13.3. The fraction of sp³-hybridized carbons (Fsp3) is 0.571. The topological polar surface area (TPSA) is 55.2 Å². The van der Waals surface area contributed by atoms with Crippen LogP contribution in [0.3, 0.4) is 0 Å². The minimum absolute atomic E-state index is 0.229. The zero-order valence-electron chi connectivity index (χ0n) is 11.8. The van der Waals surface area contributed by atoms with E-state index in [2.05, 4.69) is 33.0 Å². The number of non-ortho nitro benzene ring substituents is 1. The number of hydrogen-bond donors (Lipinski definition) is 1. The molecule has 4 nitrogen and oxygen atoms in total. The lowest BCUT2D eigenvalue weighted by molar-refractivity contribution is -0.385. The van der Waals surface area contributed by atoms with Gasteiger partial charge in [0.2, 0.25) is 0 Å². The molecule has 0 spiro atoms. The molecule has 0 aliphatic rings. The Hall–Kier alpha value is -1.65. The number of rotatable bonds is 6. The average molecular weight is 268 g/mol. The van der Waals surface area contributed by atoms with E-state index >= 15 is 0 Å². The summed E-state index contributed by atoms with van der Waals surface area (Å²) in [4.78, 5) is 10.1. The minimum Gasteiger partial charge on any atom is -0.384 e. The highest BCUT2D eigenvalue weighted by Crippen LogP contribution is 2.24. The molecular weight excluding hydrogens is 247 g/mol. The highest BCUT2D eigenvalue weighted by atomic mass is 19.1. The molecule has 0 heterocycles. The summed E-state index contributed by atoms with van der Waals surface area (Å²) >= 11 is 0. The van der Waals surface area contributed by atoms with E-state index in [0.29, 0.717) is 30.0 Å². The van der Waals surface area contributed by atoms with Crippen molar-refractivity contribution < 1.29 is 9.31 Å². The zero-order valence-corrected chi connectivity index (χ0v) is 11.8. The monoisotopic (exact) mass is 268 g/mol. The summed E-state index contributed by atoms with van der Waals surface area (Å²) in [6, 6.07) is 3.57. The summed E-state index contributed by atoms with van der Waals surface area (Å²) in [5.41, 5.74) is 0.228. The van der Waals surface area contributed by atoms with Gasteiger partial charge in [0.25, 0.3) is 5.69 Å². The first-order chi connectivity index (χ1) is 8.81. The van der Waals surface area contributed by atoms with E-state index in [1.54, 1.807) is 0 Å². The van der Waals surface area contributed by atoms with Crippen molar-refractivity contribution in [1.82, 2.24) is 0 Å². The van der Waals surface area contributed by atoms with Crippen molar-refractivity contribution in [2.45, 2.75) is 27.7 Å². The van der Waals surface area contributed by atoms with Gasteiger partial charge in [-0.3, -0.25) is 10.1 Å². The van der Waals surface area contributed by atoms with Gasteiger partial charge in [-0.05, 0) is 23.8 Å². The van der Waals surface area contributed by atoms with Crippen LogP contribution in [-0.2, 0) is 0 Å². The normalized spacial score (nSPS) is 11.4. The molecule has 0 amide bonds. The van der Waals surface area contributed by atoms with Crippen LogP contribution in [0.15, 0.2) is 18.2 Å². The summed E-state index contributed by atoms with van der Waals surface area (Å²) in [6.45, 7) is 9.23. The predicted molar refractivity (Wildman–Crippen MR) is 74.7 cm³/mol. The standard InChI is InChI=1S/C14H21FN2O2/c1-9(2)14(10(3)4)8-16-12-5-11(15)6-13(7-12)17(18)19/h5-7,9-10,14,16H,8H2,1-4H3. The Kier molecular flexibility index (Phi) is 5.27. The third-order valence-electron chi connectivity index (χ3n) is 3.35. The fourth-order valence-corrected chi connectivity index (χ4v) is 2.26. The second-order valence-corrected chi connectivity index (χ2v) is 5.49. The lowest BCUT2D eigenvalue weighted by atomic mass is 9.85. The molecule has 0 unspecified atom stereocenters. The Bertz CT molecular complexity index is 439. The molecule has 106 valence electrons. The zero-order chi connectivity index (χ0) is 14.6. The van der Waals surface area contributed by atoms with Crippen LogP contribution in [-0.4, -0.2) is 11.5 Å². The Morgan fingerprint density at radius 1 is 1.21 bits per heavy atom. The van der Waals surface area contributed by atoms with Crippen LogP contribution in [0.5, 0.6) is 0 Å². The number of hydrogen-bond acceptors (Lipinski definition) is 3. The van der Waals surface area contributed by atoms with Gasteiger partial charge in [-0.2, -0.15) is 0 Å². The van der Waals surface area contributed by atoms with Crippen LogP contribution in [0.1, 0.15) is 27.7 Å². The van der Waals surface area contributed by atoms with Crippen LogP contribution >= 0.6 is 0 Å². The molecule has 19 heavy (non-hydrogen) atoms. The molecule has 0 aromatic heterocycles. The number of nitrogens with zero attached hydrogens (tertiary/aromatic N) is 1. The molecule has 1 rings (SSSR count). The Balaban J connectivity index is 2.79. The highest BCUT2D eigenvalue weighted by Gasteiger charge is 2.18. The molecule has 0 saturated heterocycles. The quantitative estimate of drug-likeness (QED) is 0.625. The van der Waals surface area contributed by atoms with Gasteiger partial charge < -0.3 is 5.32 Å². The van der Waals surface area contributed by atoms with E-state index in [-0.39, 0.29) is 5.69 Å². The largest absolute Gasteiger partial charge is 0.384 e. The van der Waals surface area contributed by atoms with Gasteiger partial charge in [0.05, 0.1) is 11.0 Å². The highest BCUT2D eigenvalue weighted by molar-refractivity contribution is 5.51. The van der Waals surface area contributed by atoms with Crippen molar-refractivity contribution in [1.29, 1.82) is 0 Å². The second kappa shape index (κ2) is 6.50. The molecule has 0 radical (unpaired) electrons. The van der Waals surface area contributed by atoms with Gasteiger partial charge in [-0.15, -0.1) is 0 Å². The molecular formula is C14H21FN2O2. The number of nitro groups is 1. The van der Waals surface area contributed by atoms with Crippen LogP contribution in [0.2, 0.25) is 0 Å².